The highest BCUT2D eigenvalue weighted by Gasteiger charge is 2.34. The van der Waals surface area contributed by atoms with Crippen molar-refractivity contribution >= 4 is 23.4 Å². The van der Waals surface area contributed by atoms with Gasteiger partial charge in [-0.2, -0.15) is 39.5 Å². The van der Waals surface area contributed by atoms with Crippen LogP contribution in [0.4, 0.5) is 19.0 Å². The molecular formula is C10H10F3N5S. The lowest BCUT2D eigenvalue weighted by Crippen LogP contribution is -2.34. The van der Waals surface area contributed by atoms with Crippen LogP contribution >= 0.6 is 11.8 Å². The number of thioether (sulfide) groups is 1. The molecule has 0 unspecified atom stereocenters. The number of hydrogen-bond donors (Lipinski definition) is 0. The van der Waals surface area contributed by atoms with E-state index in [9.17, 15) is 13.2 Å². The third-order valence-corrected chi connectivity index (χ3v) is 3.80. The normalized spacial score (nSPS) is 17.1. The monoisotopic (exact) mass is 289 g/mol. The molecule has 19 heavy (non-hydrogen) atoms. The van der Waals surface area contributed by atoms with E-state index in [2.05, 4.69) is 15.1 Å². The number of aromatic nitrogens is 4. The lowest BCUT2D eigenvalue weighted by Gasteiger charge is -2.28. The van der Waals surface area contributed by atoms with Crippen LogP contribution in [-0.2, 0) is 6.18 Å². The van der Waals surface area contributed by atoms with Crippen molar-refractivity contribution in [1.29, 1.82) is 0 Å². The second kappa shape index (κ2) is 4.55. The summed E-state index contributed by atoms with van der Waals surface area (Å²) in [7, 11) is 0. The fourth-order valence-electron chi connectivity index (χ4n) is 1.96. The lowest BCUT2D eigenvalue weighted by atomic mass is 10.3. The molecule has 3 rings (SSSR count). The summed E-state index contributed by atoms with van der Waals surface area (Å²) >= 11 is 1.79. The van der Waals surface area contributed by atoms with E-state index in [1.165, 1.54) is 10.8 Å². The van der Waals surface area contributed by atoms with Gasteiger partial charge in [-0.05, 0) is 0 Å². The summed E-state index contributed by atoms with van der Waals surface area (Å²) in [5, 5.41) is 3.94. The van der Waals surface area contributed by atoms with Crippen LogP contribution in [-0.4, -0.2) is 44.2 Å². The Morgan fingerprint density at radius 2 is 1.95 bits per heavy atom. The van der Waals surface area contributed by atoms with E-state index in [1.807, 2.05) is 4.90 Å². The standard InChI is InChI=1S/C10H10F3N5S/c11-10(12,13)7-5-8(17-1-3-19-4-2-17)18-9(16-7)14-6-15-18/h5-6H,1-4H2. The van der Waals surface area contributed by atoms with E-state index in [0.717, 1.165) is 17.6 Å². The van der Waals surface area contributed by atoms with Crippen LogP contribution < -0.4 is 4.90 Å². The van der Waals surface area contributed by atoms with Gasteiger partial charge < -0.3 is 4.90 Å². The molecule has 2 aromatic rings. The third-order valence-electron chi connectivity index (χ3n) is 2.86. The van der Waals surface area contributed by atoms with E-state index in [1.54, 1.807) is 11.8 Å². The van der Waals surface area contributed by atoms with Crippen LogP contribution in [0.25, 0.3) is 5.78 Å². The van der Waals surface area contributed by atoms with Crippen LogP contribution in [0.5, 0.6) is 0 Å². The maximum absolute atomic E-state index is 12.8. The van der Waals surface area contributed by atoms with E-state index in [4.69, 9.17) is 0 Å². The molecule has 1 aliphatic rings. The zero-order chi connectivity index (χ0) is 13.5. The van der Waals surface area contributed by atoms with Gasteiger partial charge in [0.2, 0.25) is 0 Å². The molecule has 1 saturated heterocycles. The van der Waals surface area contributed by atoms with Crippen molar-refractivity contribution in [2.24, 2.45) is 0 Å². The largest absolute Gasteiger partial charge is 0.433 e. The Kier molecular flexibility index (Phi) is 3.00. The first-order valence-electron chi connectivity index (χ1n) is 5.66. The van der Waals surface area contributed by atoms with Gasteiger partial charge in [0, 0.05) is 30.7 Å². The maximum Gasteiger partial charge on any atom is 0.433 e. The second-order valence-electron chi connectivity index (χ2n) is 4.07. The molecule has 2 aromatic heterocycles. The number of halogens is 3. The van der Waals surface area contributed by atoms with Gasteiger partial charge in [-0.1, -0.05) is 0 Å². The smallest absolute Gasteiger partial charge is 0.355 e. The van der Waals surface area contributed by atoms with Crippen molar-refractivity contribution in [1.82, 2.24) is 19.6 Å². The molecule has 1 fully saturated rings. The van der Waals surface area contributed by atoms with Crippen molar-refractivity contribution in [3.63, 3.8) is 0 Å². The molecule has 0 spiro atoms. The predicted octanol–water partition coefficient (Wildman–Crippen LogP) is 1.70. The molecule has 0 saturated carbocycles. The van der Waals surface area contributed by atoms with Gasteiger partial charge in [-0.15, -0.1) is 0 Å². The number of hydrogen-bond acceptors (Lipinski definition) is 5. The van der Waals surface area contributed by atoms with E-state index in [0.29, 0.717) is 18.9 Å². The molecule has 0 amide bonds. The molecule has 0 N–H and O–H groups in total. The first kappa shape index (κ1) is 12.5. The zero-order valence-electron chi connectivity index (χ0n) is 9.76. The van der Waals surface area contributed by atoms with Crippen molar-refractivity contribution in [2.75, 3.05) is 29.5 Å². The first-order valence-corrected chi connectivity index (χ1v) is 6.82. The summed E-state index contributed by atoms with van der Waals surface area (Å²) in [5.41, 5.74) is -0.929. The van der Waals surface area contributed by atoms with Crippen molar-refractivity contribution in [3.8, 4) is 0 Å². The minimum absolute atomic E-state index is 0.0250. The highest BCUT2D eigenvalue weighted by molar-refractivity contribution is 7.99. The molecule has 5 nitrogen and oxygen atoms in total. The highest BCUT2D eigenvalue weighted by Crippen LogP contribution is 2.31. The lowest BCUT2D eigenvalue weighted by molar-refractivity contribution is -0.141. The van der Waals surface area contributed by atoms with Crippen LogP contribution in [0.2, 0.25) is 0 Å². The van der Waals surface area contributed by atoms with Gasteiger partial charge in [-0.25, -0.2) is 4.98 Å². The van der Waals surface area contributed by atoms with E-state index >= 15 is 0 Å². The summed E-state index contributed by atoms with van der Waals surface area (Å²) in [6, 6.07) is 1.04. The molecule has 0 aliphatic carbocycles. The molecule has 0 atom stereocenters. The molecule has 3 heterocycles. The number of rotatable bonds is 1. The number of alkyl halides is 3. The molecular weight excluding hydrogens is 279 g/mol. The number of anilines is 1. The Morgan fingerprint density at radius 3 is 2.63 bits per heavy atom. The van der Waals surface area contributed by atoms with Gasteiger partial charge >= 0.3 is 6.18 Å². The van der Waals surface area contributed by atoms with E-state index in [-0.39, 0.29) is 5.78 Å². The van der Waals surface area contributed by atoms with Crippen molar-refractivity contribution < 1.29 is 13.2 Å². The van der Waals surface area contributed by atoms with Crippen molar-refractivity contribution in [3.05, 3.63) is 18.1 Å². The van der Waals surface area contributed by atoms with Gasteiger partial charge in [0.15, 0.2) is 5.69 Å². The quantitative estimate of drug-likeness (QED) is 0.799. The SMILES string of the molecule is FC(F)(F)c1cc(N2CCSCC2)n2ncnc2n1. The second-order valence-corrected chi connectivity index (χ2v) is 5.29. The molecule has 0 radical (unpaired) electrons. The fourth-order valence-corrected chi connectivity index (χ4v) is 2.86. The Bertz CT molecular complexity index is 590. The van der Waals surface area contributed by atoms with Gasteiger partial charge in [0.25, 0.3) is 5.78 Å². The van der Waals surface area contributed by atoms with Crippen LogP contribution in [0.15, 0.2) is 12.4 Å². The molecule has 0 bridgehead atoms. The molecule has 1 aliphatic heterocycles. The number of nitrogens with zero attached hydrogens (tertiary/aromatic N) is 5. The summed E-state index contributed by atoms with van der Waals surface area (Å²) in [5.74, 6) is 2.15. The maximum atomic E-state index is 12.8. The zero-order valence-corrected chi connectivity index (χ0v) is 10.6. The first-order chi connectivity index (χ1) is 9.05. The Labute approximate surface area is 110 Å². The highest BCUT2D eigenvalue weighted by atomic mass is 32.2. The van der Waals surface area contributed by atoms with Gasteiger partial charge in [0.05, 0.1) is 0 Å². The summed E-state index contributed by atoms with van der Waals surface area (Å²) in [4.78, 5) is 9.14. The Hall–Kier alpha value is -1.51. The average molecular weight is 289 g/mol. The minimum Gasteiger partial charge on any atom is -0.355 e. The Morgan fingerprint density at radius 1 is 1.21 bits per heavy atom. The number of fused-ring (bicyclic) bond motifs is 1. The summed E-state index contributed by atoms with van der Waals surface area (Å²) < 4.78 is 39.8. The van der Waals surface area contributed by atoms with Crippen LogP contribution in [0.1, 0.15) is 5.69 Å². The van der Waals surface area contributed by atoms with Crippen molar-refractivity contribution in [2.45, 2.75) is 6.18 Å². The minimum atomic E-state index is -4.48. The van der Waals surface area contributed by atoms with Crippen LogP contribution in [0.3, 0.4) is 0 Å². The average Bonchev–Trinajstić information content (AvgIpc) is 2.85. The fraction of sp³-hybridized carbons (Fsp3) is 0.500. The van der Waals surface area contributed by atoms with Gasteiger partial charge in [0.1, 0.15) is 12.1 Å². The van der Waals surface area contributed by atoms with E-state index < -0.39 is 11.9 Å². The summed E-state index contributed by atoms with van der Waals surface area (Å²) in [6.45, 7) is 1.39. The summed E-state index contributed by atoms with van der Waals surface area (Å²) in [6.07, 6.45) is -3.27. The van der Waals surface area contributed by atoms with Gasteiger partial charge in [-0.3, -0.25) is 0 Å². The third kappa shape index (κ3) is 2.34. The molecule has 9 heteroatoms. The predicted molar refractivity (Wildman–Crippen MR) is 65.3 cm³/mol. The molecule has 0 aromatic carbocycles. The Balaban J connectivity index is 2.12. The molecule has 102 valence electrons. The topological polar surface area (TPSA) is 46.3 Å². The van der Waals surface area contributed by atoms with Crippen LogP contribution in [0, 0.1) is 0 Å².